The molecule has 166 valence electrons. The second-order valence-corrected chi connectivity index (χ2v) is 8.91. The van der Waals surface area contributed by atoms with Crippen molar-refractivity contribution in [1.82, 2.24) is 9.13 Å². The van der Waals surface area contributed by atoms with E-state index in [2.05, 4.69) is 20.8 Å². The van der Waals surface area contributed by atoms with E-state index < -0.39 is 0 Å². The van der Waals surface area contributed by atoms with Crippen molar-refractivity contribution in [3.63, 3.8) is 0 Å². The summed E-state index contributed by atoms with van der Waals surface area (Å²) in [6.45, 7) is 7.60. The number of ether oxygens (including phenoxy) is 1. The Morgan fingerprint density at radius 3 is 2.73 bits per heavy atom. The molecule has 3 rings (SSSR count). The lowest BCUT2D eigenvalue weighted by atomic mass is 9.69. The molecule has 1 aliphatic carbocycles. The third kappa shape index (κ3) is 4.47. The van der Waals surface area contributed by atoms with Crippen LogP contribution in [0.25, 0.3) is 11.0 Å². The van der Waals surface area contributed by atoms with Crippen LogP contribution >= 0.6 is 0 Å². The van der Waals surface area contributed by atoms with E-state index in [1.54, 1.807) is 22.8 Å². The molecule has 1 aromatic heterocycles. The van der Waals surface area contributed by atoms with Crippen molar-refractivity contribution in [2.75, 3.05) is 19.8 Å². The van der Waals surface area contributed by atoms with Crippen molar-refractivity contribution in [2.45, 2.75) is 53.0 Å². The van der Waals surface area contributed by atoms with Gasteiger partial charge in [-0.15, -0.1) is 0 Å². The standard InChI is InChI=1S/C23H35N3O4/c1-15(2)18-7-5-16(3)13-19(18)22(28)26-20-8-6-17(30-12-4-11-27)14-21(20)25(10-9-24)23(26)29/h6,8,14-16,18-19,27H,4-5,7,9-13,24H2,1-3H3. The largest absolute Gasteiger partial charge is 0.493 e. The van der Waals surface area contributed by atoms with E-state index in [9.17, 15) is 9.59 Å². The molecule has 1 fully saturated rings. The zero-order valence-corrected chi connectivity index (χ0v) is 18.3. The summed E-state index contributed by atoms with van der Waals surface area (Å²) in [6.07, 6.45) is 3.50. The highest BCUT2D eigenvalue weighted by molar-refractivity contribution is 5.92. The van der Waals surface area contributed by atoms with Gasteiger partial charge in [0.1, 0.15) is 5.75 Å². The summed E-state index contributed by atoms with van der Waals surface area (Å²) in [4.78, 5) is 26.9. The summed E-state index contributed by atoms with van der Waals surface area (Å²) in [5.74, 6) is 1.52. The van der Waals surface area contributed by atoms with Gasteiger partial charge in [-0.25, -0.2) is 9.36 Å². The zero-order valence-electron chi connectivity index (χ0n) is 18.3. The monoisotopic (exact) mass is 417 g/mol. The van der Waals surface area contributed by atoms with E-state index in [4.69, 9.17) is 15.6 Å². The van der Waals surface area contributed by atoms with E-state index in [0.717, 1.165) is 19.3 Å². The fourth-order valence-electron chi connectivity index (χ4n) is 4.79. The predicted octanol–water partition coefficient (Wildman–Crippen LogP) is 2.87. The summed E-state index contributed by atoms with van der Waals surface area (Å²) in [5, 5.41) is 8.95. The van der Waals surface area contributed by atoms with Gasteiger partial charge in [-0.3, -0.25) is 9.36 Å². The van der Waals surface area contributed by atoms with Gasteiger partial charge in [0.15, 0.2) is 0 Å². The number of aromatic nitrogens is 2. The van der Waals surface area contributed by atoms with E-state index >= 15 is 0 Å². The Kier molecular flexibility index (Phi) is 7.36. The third-order valence-electron chi connectivity index (χ3n) is 6.38. The minimum Gasteiger partial charge on any atom is -0.493 e. The molecular formula is C23H35N3O4. The van der Waals surface area contributed by atoms with Crippen molar-refractivity contribution in [2.24, 2.45) is 29.4 Å². The third-order valence-corrected chi connectivity index (χ3v) is 6.38. The Balaban J connectivity index is 2.05. The first-order valence-corrected chi connectivity index (χ1v) is 11.1. The lowest BCUT2D eigenvalue weighted by Gasteiger charge is -2.36. The van der Waals surface area contributed by atoms with E-state index in [-0.39, 0.29) is 30.0 Å². The molecule has 1 aromatic carbocycles. The Labute approximate surface area is 177 Å². The van der Waals surface area contributed by atoms with Crippen molar-refractivity contribution < 1.29 is 14.6 Å². The van der Waals surface area contributed by atoms with Gasteiger partial charge in [0.2, 0.25) is 5.91 Å². The number of hydrogen-bond donors (Lipinski definition) is 2. The molecule has 1 heterocycles. The smallest absolute Gasteiger partial charge is 0.336 e. The fourth-order valence-corrected chi connectivity index (χ4v) is 4.79. The van der Waals surface area contributed by atoms with Crippen LogP contribution in [0.1, 0.15) is 51.2 Å². The number of nitrogens with two attached hydrogens (primary N) is 1. The number of fused-ring (bicyclic) bond motifs is 1. The van der Waals surface area contributed by atoms with Gasteiger partial charge in [0.05, 0.1) is 17.6 Å². The molecule has 0 bridgehead atoms. The number of rotatable bonds is 8. The minimum absolute atomic E-state index is 0.0574. The van der Waals surface area contributed by atoms with Crippen molar-refractivity contribution in [3.8, 4) is 5.75 Å². The molecule has 0 aliphatic heterocycles. The number of hydrogen-bond acceptors (Lipinski definition) is 5. The SMILES string of the molecule is CC1CCC(C(C)C)C(C(=O)n2c(=O)n(CCN)c3cc(OCCCO)ccc32)C1. The Bertz CT molecular complexity index is 930. The maximum Gasteiger partial charge on any atom is 0.336 e. The molecule has 0 spiro atoms. The molecule has 0 saturated heterocycles. The molecular weight excluding hydrogens is 382 g/mol. The second kappa shape index (κ2) is 9.79. The molecule has 30 heavy (non-hydrogen) atoms. The predicted molar refractivity (Wildman–Crippen MR) is 118 cm³/mol. The van der Waals surface area contributed by atoms with Crippen LogP contribution < -0.4 is 16.2 Å². The fraction of sp³-hybridized carbons (Fsp3) is 0.652. The summed E-state index contributed by atoms with van der Waals surface area (Å²) >= 11 is 0. The average molecular weight is 418 g/mol. The van der Waals surface area contributed by atoms with E-state index in [0.29, 0.717) is 54.7 Å². The molecule has 1 aliphatic rings. The van der Waals surface area contributed by atoms with Gasteiger partial charge in [-0.1, -0.05) is 27.2 Å². The molecule has 0 radical (unpaired) electrons. The Morgan fingerprint density at radius 2 is 2.07 bits per heavy atom. The second-order valence-electron chi connectivity index (χ2n) is 8.91. The van der Waals surface area contributed by atoms with Crippen LogP contribution in [0.4, 0.5) is 0 Å². The zero-order chi connectivity index (χ0) is 21.8. The average Bonchev–Trinajstić information content (AvgIpc) is 2.99. The lowest BCUT2D eigenvalue weighted by Crippen LogP contribution is -2.40. The highest BCUT2D eigenvalue weighted by atomic mass is 16.5. The minimum atomic E-state index is -0.325. The number of carbonyl (C=O) groups is 1. The van der Waals surface area contributed by atoms with Crippen LogP contribution in [0, 0.1) is 23.7 Å². The summed E-state index contributed by atoms with van der Waals surface area (Å²) < 4.78 is 8.61. The molecule has 2 aromatic rings. The highest BCUT2D eigenvalue weighted by Crippen LogP contribution is 2.39. The molecule has 3 atom stereocenters. The van der Waals surface area contributed by atoms with Crippen LogP contribution in [0.3, 0.4) is 0 Å². The number of nitrogens with zero attached hydrogens (tertiary/aromatic N) is 2. The lowest BCUT2D eigenvalue weighted by molar-refractivity contribution is 0.0633. The number of imidazole rings is 1. The first-order chi connectivity index (χ1) is 14.4. The Hall–Kier alpha value is -2.12. The topological polar surface area (TPSA) is 99.5 Å². The summed E-state index contributed by atoms with van der Waals surface area (Å²) in [6, 6.07) is 5.35. The normalized spacial score (nSPS) is 22.0. The number of carbonyl (C=O) groups excluding carboxylic acids is 1. The first kappa shape index (κ1) is 22.6. The van der Waals surface area contributed by atoms with Gasteiger partial charge < -0.3 is 15.6 Å². The van der Waals surface area contributed by atoms with Crippen LogP contribution in [-0.2, 0) is 6.54 Å². The number of aliphatic hydroxyl groups excluding tert-OH is 1. The van der Waals surface area contributed by atoms with Gasteiger partial charge >= 0.3 is 5.69 Å². The highest BCUT2D eigenvalue weighted by Gasteiger charge is 2.37. The molecule has 7 heteroatoms. The summed E-state index contributed by atoms with van der Waals surface area (Å²) in [7, 11) is 0. The van der Waals surface area contributed by atoms with Crippen molar-refractivity contribution in [3.05, 3.63) is 28.7 Å². The van der Waals surface area contributed by atoms with Gasteiger partial charge in [-0.05, 0) is 42.7 Å². The van der Waals surface area contributed by atoms with Crippen LogP contribution in [-0.4, -0.2) is 39.9 Å². The van der Waals surface area contributed by atoms with E-state index in [1.165, 1.54) is 4.57 Å². The van der Waals surface area contributed by atoms with Crippen LogP contribution in [0.5, 0.6) is 5.75 Å². The number of benzene rings is 1. The Morgan fingerprint density at radius 1 is 1.30 bits per heavy atom. The first-order valence-electron chi connectivity index (χ1n) is 11.1. The van der Waals surface area contributed by atoms with E-state index in [1.807, 2.05) is 0 Å². The summed E-state index contributed by atoms with van der Waals surface area (Å²) in [5.41, 5.74) is 6.69. The maximum absolute atomic E-state index is 13.7. The molecule has 0 amide bonds. The molecule has 3 N–H and O–H groups in total. The van der Waals surface area contributed by atoms with Gasteiger partial charge in [-0.2, -0.15) is 0 Å². The van der Waals surface area contributed by atoms with Crippen molar-refractivity contribution in [1.29, 1.82) is 0 Å². The van der Waals surface area contributed by atoms with Crippen LogP contribution in [0.15, 0.2) is 23.0 Å². The maximum atomic E-state index is 13.7. The van der Waals surface area contributed by atoms with Gasteiger partial charge in [0.25, 0.3) is 0 Å². The molecule has 1 saturated carbocycles. The van der Waals surface area contributed by atoms with Gasteiger partial charge in [0, 0.05) is 38.1 Å². The van der Waals surface area contributed by atoms with Crippen molar-refractivity contribution >= 4 is 16.9 Å². The molecule has 3 unspecified atom stereocenters. The number of aliphatic hydroxyl groups is 1. The molecule has 7 nitrogen and oxygen atoms in total. The van der Waals surface area contributed by atoms with Crippen LogP contribution in [0.2, 0.25) is 0 Å². The quantitative estimate of drug-likeness (QED) is 0.644.